The van der Waals surface area contributed by atoms with Crippen molar-refractivity contribution >= 4 is 16.0 Å². The van der Waals surface area contributed by atoms with Crippen molar-refractivity contribution in [2.24, 2.45) is 0 Å². The number of ether oxygens (including phenoxy) is 1. The fourth-order valence-corrected chi connectivity index (χ4v) is 3.93. The summed E-state index contributed by atoms with van der Waals surface area (Å²) >= 11 is 0. The summed E-state index contributed by atoms with van der Waals surface area (Å²) in [6.45, 7) is 2.71. The van der Waals surface area contributed by atoms with E-state index in [2.05, 4.69) is 4.74 Å². The van der Waals surface area contributed by atoms with Crippen LogP contribution >= 0.6 is 0 Å². The molecule has 0 bridgehead atoms. The molecule has 0 aliphatic carbocycles. The van der Waals surface area contributed by atoms with E-state index in [4.69, 9.17) is 0 Å². The first-order chi connectivity index (χ1) is 13.0. The van der Waals surface area contributed by atoms with Crippen LogP contribution in [0.15, 0.2) is 59.5 Å². The number of aryl methyl sites for hydroxylation is 1. The van der Waals surface area contributed by atoms with Crippen LogP contribution in [0.5, 0.6) is 0 Å². The molecule has 2 rings (SSSR count). The van der Waals surface area contributed by atoms with Gasteiger partial charge in [-0.3, -0.25) is 0 Å². The van der Waals surface area contributed by atoms with E-state index in [1.165, 1.54) is 55.5 Å². The minimum Gasteiger partial charge on any atom is -0.464 e. The molecule has 0 spiro atoms. The molecular weight excluding hydrogens is 395 g/mol. The molecule has 152 valence electrons. The number of hydrogen-bond donors (Lipinski definition) is 1. The van der Waals surface area contributed by atoms with Crippen LogP contribution in [-0.4, -0.2) is 32.7 Å². The lowest BCUT2D eigenvalue weighted by atomic mass is 9.91. The molecule has 1 atom stereocenters. The van der Waals surface area contributed by atoms with Crippen molar-refractivity contribution in [3.05, 3.63) is 65.7 Å². The highest BCUT2D eigenvalue weighted by Crippen LogP contribution is 2.36. The molecule has 0 saturated carbocycles. The molecule has 9 heteroatoms. The van der Waals surface area contributed by atoms with Crippen LogP contribution in [0.4, 0.5) is 13.2 Å². The van der Waals surface area contributed by atoms with Crippen LogP contribution in [0, 0.1) is 6.92 Å². The summed E-state index contributed by atoms with van der Waals surface area (Å²) < 4.78 is 73.9. The number of carbonyl (C=O) groups is 1. The summed E-state index contributed by atoms with van der Waals surface area (Å²) in [4.78, 5) is 12.0. The number of hydrogen-bond acceptors (Lipinski definition) is 4. The lowest BCUT2D eigenvalue weighted by molar-refractivity contribution is -0.209. The van der Waals surface area contributed by atoms with Crippen molar-refractivity contribution in [3.8, 4) is 0 Å². The van der Waals surface area contributed by atoms with Gasteiger partial charge in [-0.1, -0.05) is 48.0 Å². The highest BCUT2D eigenvalue weighted by Gasteiger charge is 2.63. The van der Waals surface area contributed by atoms with Gasteiger partial charge in [-0.15, -0.1) is 0 Å². The molecule has 2 aromatic rings. The lowest BCUT2D eigenvalue weighted by Gasteiger charge is -2.34. The van der Waals surface area contributed by atoms with Gasteiger partial charge in [0, 0.05) is 6.42 Å². The fraction of sp³-hybridized carbons (Fsp3) is 0.316. The fourth-order valence-electron chi connectivity index (χ4n) is 2.59. The zero-order chi connectivity index (χ0) is 21.0. The standard InChI is InChI=1S/C19H20F3NO4S/c1-3-27-17(24)18(19(20,21)22,13-15-7-5-4-6-8-15)23-28(25,26)16-11-9-14(2)10-12-16/h4-12,23H,3,13H2,1-2H3/t18-/m0/s1. The summed E-state index contributed by atoms with van der Waals surface area (Å²) in [6.07, 6.45) is -6.19. The second-order valence-electron chi connectivity index (χ2n) is 6.20. The summed E-state index contributed by atoms with van der Waals surface area (Å²) in [5.41, 5.74) is -2.61. The Balaban J connectivity index is 2.58. The second kappa shape index (κ2) is 8.32. The molecule has 1 N–H and O–H groups in total. The number of rotatable bonds is 7. The maximum atomic E-state index is 14.1. The van der Waals surface area contributed by atoms with E-state index < -0.39 is 34.1 Å². The maximum Gasteiger partial charge on any atom is 0.418 e. The Morgan fingerprint density at radius 2 is 1.61 bits per heavy atom. The third kappa shape index (κ3) is 4.71. The van der Waals surface area contributed by atoms with Crippen molar-refractivity contribution in [3.63, 3.8) is 0 Å². The van der Waals surface area contributed by atoms with Crippen LogP contribution in [0.3, 0.4) is 0 Å². The molecule has 0 radical (unpaired) electrons. The average molecular weight is 415 g/mol. The predicted octanol–water partition coefficient (Wildman–Crippen LogP) is 3.38. The minimum absolute atomic E-state index is 0.125. The van der Waals surface area contributed by atoms with Crippen molar-refractivity contribution in [1.29, 1.82) is 0 Å². The van der Waals surface area contributed by atoms with E-state index in [1.807, 2.05) is 0 Å². The summed E-state index contributed by atoms with van der Waals surface area (Å²) in [6, 6.07) is 12.6. The smallest absolute Gasteiger partial charge is 0.418 e. The van der Waals surface area contributed by atoms with E-state index in [1.54, 1.807) is 17.7 Å². The topological polar surface area (TPSA) is 72.5 Å². The SMILES string of the molecule is CCOC(=O)[C@](Cc1ccccc1)(NS(=O)(=O)c1ccc(C)cc1)C(F)(F)F. The van der Waals surface area contributed by atoms with Crippen LogP contribution in [0.2, 0.25) is 0 Å². The zero-order valence-electron chi connectivity index (χ0n) is 15.3. The number of alkyl halides is 3. The predicted molar refractivity (Wildman–Crippen MR) is 97.1 cm³/mol. The van der Waals surface area contributed by atoms with E-state index in [0.717, 1.165) is 5.56 Å². The Morgan fingerprint density at radius 3 is 2.11 bits per heavy atom. The quantitative estimate of drug-likeness (QED) is 0.704. The molecule has 0 unspecified atom stereocenters. The van der Waals surface area contributed by atoms with Gasteiger partial charge in [0.2, 0.25) is 15.6 Å². The number of benzene rings is 2. The number of esters is 1. The molecule has 0 fully saturated rings. The summed E-state index contributed by atoms with van der Waals surface area (Å²) in [7, 11) is -4.67. The Bertz CT molecular complexity index is 912. The highest BCUT2D eigenvalue weighted by atomic mass is 32.2. The van der Waals surface area contributed by atoms with Crippen LogP contribution < -0.4 is 4.72 Å². The van der Waals surface area contributed by atoms with Gasteiger partial charge in [0.15, 0.2) is 0 Å². The van der Waals surface area contributed by atoms with Gasteiger partial charge in [-0.2, -0.15) is 17.9 Å². The Hall–Kier alpha value is -2.39. The van der Waals surface area contributed by atoms with Crippen molar-refractivity contribution in [2.45, 2.75) is 36.9 Å². The van der Waals surface area contributed by atoms with E-state index in [9.17, 15) is 26.4 Å². The number of sulfonamides is 1. The van der Waals surface area contributed by atoms with Gasteiger partial charge in [0.05, 0.1) is 11.5 Å². The van der Waals surface area contributed by atoms with Crippen LogP contribution in [-0.2, 0) is 26.0 Å². The third-order valence-electron chi connectivity index (χ3n) is 4.06. The molecule has 2 aromatic carbocycles. The monoisotopic (exact) mass is 415 g/mol. The summed E-state index contributed by atoms with van der Waals surface area (Å²) in [5, 5.41) is 0. The number of nitrogens with one attached hydrogen (secondary N) is 1. The minimum atomic E-state index is -5.24. The molecule has 0 aliphatic heterocycles. The van der Waals surface area contributed by atoms with Gasteiger partial charge < -0.3 is 4.74 Å². The molecule has 0 saturated heterocycles. The van der Waals surface area contributed by atoms with Crippen LogP contribution in [0.1, 0.15) is 18.1 Å². The van der Waals surface area contributed by atoms with Gasteiger partial charge in [-0.25, -0.2) is 13.2 Å². The molecule has 5 nitrogen and oxygen atoms in total. The maximum absolute atomic E-state index is 14.1. The van der Waals surface area contributed by atoms with Crippen molar-refractivity contribution < 1.29 is 31.1 Å². The first-order valence-electron chi connectivity index (χ1n) is 8.40. The highest BCUT2D eigenvalue weighted by molar-refractivity contribution is 7.89. The summed E-state index contributed by atoms with van der Waals surface area (Å²) in [5.74, 6) is -1.71. The molecular formula is C19H20F3NO4S. The Morgan fingerprint density at radius 1 is 1.04 bits per heavy atom. The van der Waals surface area contributed by atoms with E-state index in [-0.39, 0.29) is 17.1 Å². The second-order valence-corrected chi connectivity index (χ2v) is 7.89. The Labute approximate surface area is 161 Å². The molecule has 28 heavy (non-hydrogen) atoms. The first-order valence-corrected chi connectivity index (χ1v) is 9.88. The van der Waals surface area contributed by atoms with Gasteiger partial charge >= 0.3 is 12.1 Å². The number of halogens is 3. The van der Waals surface area contributed by atoms with Crippen molar-refractivity contribution in [2.75, 3.05) is 6.61 Å². The third-order valence-corrected chi connectivity index (χ3v) is 5.57. The van der Waals surface area contributed by atoms with E-state index >= 15 is 0 Å². The first kappa shape index (κ1) is 21.9. The van der Waals surface area contributed by atoms with Gasteiger partial charge in [0.1, 0.15) is 0 Å². The normalized spacial score (nSPS) is 14.3. The van der Waals surface area contributed by atoms with Crippen molar-refractivity contribution in [1.82, 2.24) is 4.72 Å². The van der Waals surface area contributed by atoms with Gasteiger partial charge in [0.25, 0.3) is 0 Å². The average Bonchev–Trinajstić information content (AvgIpc) is 2.61. The lowest BCUT2D eigenvalue weighted by Crippen LogP contribution is -2.65. The van der Waals surface area contributed by atoms with E-state index in [0.29, 0.717) is 0 Å². The largest absolute Gasteiger partial charge is 0.464 e. The molecule has 0 aromatic heterocycles. The zero-order valence-corrected chi connectivity index (χ0v) is 16.1. The molecule has 0 heterocycles. The van der Waals surface area contributed by atoms with Crippen LogP contribution in [0.25, 0.3) is 0 Å². The number of carbonyl (C=O) groups excluding carboxylic acids is 1. The molecule has 0 aliphatic rings. The molecule has 0 amide bonds. The Kier molecular flexibility index (Phi) is 6.51. The van der Waals surface area contributed by atoms with Gasteiger partial charge in [-0.05, 0) is 31.5 Å².